The van der Waals surface area contributed by atoms with Gasteiger partial charge in [-0.15, -0.1) is 0 Å². The summed E-state index contributed by atoms with van der Waals surface area (Å²) in [5.74, 6) is -0.621. The zero-order valence-corrected chi connectivity index (χ0v) is 13.4. The lowest BCUT2D eigenvalue weighted by atomic mass is 9.86. The Kier molecular flexibility index (Phi) is 4.74. The summed E-state index contributed by atoms with van der Waals surface area (Å²) in [7, 11) is 1.87. The van der Waals surface area contributed by atoms with Gasteiger partial charge in [-0.1, -0.05) is 60.7 Å². The van der Waals surface area contributed by atoms with E-state index in [0.717, 1.165) is 11.1 Å². The molecule has 1 fully saturated rings. The Balaban J connectivity index is 1.99. The van der Waals surface area contributed by atoms with Gasteiger partial charge in [-0.3, -0.25) is 9.63 Å². The van der Waals surface area contributed by atoms with E-state index in [0.29, 0.717) is 6.61 Å². The predicted molar refractivity (Wildman–Crippen MR) is 87.3 cm³/mol. The van der Waals surface area contributed by atoms with E-state index in [1.54, 1.807) is 5.06 Å². The van der Waals surface area contributed by atoms with Gasteiger partial charge in [-0.2, -0.15) is 5.06 Å². The molecule has 3 rings (SSSR count). The average Bonchev–Trinajstić information content (AvgIpc) is 2.94. The minimum Gasteiger partial charge on any atom is -0.466 e. The second kappa shape index (κ2) is 6.94. The van der Waals surface area contributed by atoms with E-state index in [4.69, 9.17) is 9.57 Å². The van der Waals surface area contributed by atoms with Crippen LogP contribution >= 0.6 is 0 Å². The molecule has 0 bridgehead atoms. The van der Waals surface area contributed by atoms with Crippen molar-refractivity contribution < 1.29 is 14.4 Å². The lowest BCUT2D eigenvalue weighted by Gasteiger charge is -2.22. The van der Waals surface area contributed by atoms with Crippen molar-refractivity contribution >= 4 is 5.97 Å². The summed E-state index contributed by atoms with van der Waals surface area (Å²) in [5.41, 5.74) is 2.03. The van der Waals surface area contributed by atoms with E-state index < -0.39 is 5.92 Å². The maximum absolute atomic E-state index is 12.6. The molecule has 0 amide bonds. The van der Waals surface area contributed by atoms with Crippen molar-refractivity contribution in [2.24, 2.45) is 5.92 Å². The zero-order chi connectivity index (χ0) is 16.2. The molecule has 0 radical (unpaired) electrons. The third kappa shape index (κ3) is 3.14. The van der Waals surface area contributed by atoms with Crippen molar-refractivity contribution in [2.75, 3.05) is 13.7 Å². The van der Waals surface area contributed by atoms with Gasteiger partial charge in [0.05, 0.1) is 12.6 Å². The van der Waals surface area contributed by atoms with Crippen LogP contribution in [-0.4, -0.2) is 24.7 Å². The van der Waals surface area contributed by atoms with Crippen molar-refractivity contribution in [3.05, 3.63) is 71.8 Å². The zero-order valence-electron chi connectivity index (χ0n) is 13.4. The quantitative estimate of drug-likeness (QED) is 0.810. The van der Waals surface area contributed by atoms with Gasteiger partial charge in [0.1, 0.15) is 12.0 Å². The Labute approximate surface area is 136 Å². The lowest BCUT2D eigenvalue weighted by molar-refractivity contribution is -0.154. The highest BCUT2D eigenvalue weighted by molar-refractivity contribution is 5.75. The molecule has 4 nitrogen and oxygen atoms in total. The maximum atomic E-state index is 12.6. The van der Waals surface area contributed by atoms with Crippen LogP contribution in [0.3, 0.4) is 0 Å². The molecule has 3 unspecified atom stereocenters. The molecule has 0 aromatic heterocycles. The molecule has 23 heavy (non-hydrogen) atoms. The highest BCUT2D eigenvalue weighted by atomic mass is 16.7. The standard InChI is InChI=1S/C19H21NO3/c1-3-22-19(21)16-17(14-10-6-4-7-11-14)20(2)23-18(16)15-12-8-5-9-13-15/h4-13,16-18H,3H2,1-2H3. The summed E-state index contributed by atoms with van der Waals surface area (Å²) in [6.45, 7) is 2.19. The van der Waals surface area contributed by atoms with E-state index in [9.17, 15) is 4.79 Å². The summed E-state index contributed by atoms with van der Waals surface area (Å²) in [6, 6.07) is 19.6. The summed E-state index contributed by atoms with van der Waals surface area (Å²) >= 11 is 0. The Bertz CT molecular complexity index is 644. The van der Waals surface area contributed by atoms with Gasteiger partial charge in [-0.05, 0) is 18.1 Å². The van der Waals surface area contributed by atoms with Crippen molar-refractivity contribution in [1.29, 1.82) is 0 Å². The minimum absolute atomic E-state index is 0.166. The second-order valence-electron chi connectivity index (χ2n) is 5.62. The Morgan fingerprint density at radius 1 is 1.04 bits per heavy atom. The van der Waals surface area contributed by atoms with Crippen LogP contribution in [0.5, 0.6) is 0 Å². The monoisotopic (exact) mass is 311 g/mol. The Morgan fingerprint density at radius 3 is 2.17 bits per heavy atom. The van der Waals surface area contributed by atoms with Gasteiger partial charge in [0, 0.05) is 7.05 Å². The topological polar surface area (TPSA) is 38.8 Å². The summed E-state index contributed by atoms with van der Waals surface area (Å²) in [4.78, 5) is 18.7. The number of ether oxygens (including phenoxy) is 1. The Morgan fingerprint density at radius 2 is 1.61 bits per heavy atom. The van der Waals surface area contributed by atoms with E-state index in [2.05, 4.69) is 0 Å². The van der Waals surface area contributed by atoms with Crippen LogP contribution in [0.2, 0.25) is 0 Å². The van der Waals surface area contributed by atoms with E-state index >= 15 is 0 Å². The molecule has 0 saturated carbocycles. The van der Waals surface area contributed by atoms with E-state index in [-0.39, 0.29) is 18.1 Å². The number of esters is 1. The first-order valence-electron chi connectivity index (χ1n) is 7.88. The van der Waals surface area contributed by atoms with Crippen molar-refractivity contribution in [3.8, 4) is 0 Å². The molecular formula is C19H21NO3. The summed E-state index contributed by atoms with van der Waals surface area (Å²) < 4.78 is 5.33. The van der Waals surface area contributed by atoms with Crippen LogP contribution in [-0.2, 0) is 14.4 Å². The van der Waals surface area contributed by atoms with Gasteiger partial charge < -0.3 is 4.74 Å². The molecule has 120 valence electrons. The second-order valence-corrected chi connectivity index (χ2v) is 5.62. The van der Waals surface area contributed by atoms with Crippen LogP contribution in [0.15, 0.2) is 60.7 Å². The number of nitrogens with zero attached hydrogens (tertiary/aromatic N) is 1. The van der Waals surface area contributed by atoms with E-state index in [1.807, 2.05) is 74.6 Å². The fraction of sp³-hybridized carbons (Fsp3) is 0.316. The summed E-state index contributed by atoms with van der Waals surface area (Å²) in [6.07, 6.45) is -0.342. The van der Waals surface area contributed by atoms with Crippen LogP contribution in [0.25, 0.3) is 0 Å². The van der Waals surface area contributed by atoms with Crippen molar-refractivity contribution in [2.45, 2.75) is 19.1 Å². The molecule has 0 spiro atoms. The normalized spacial score (nSPS) is 24.5. The molecule has 1 aliphatic heterocycles. The number of carbonyl (C=O) groups is 1. The summed E-state index contributed by atoms with van der Waals surface area (Å²) in [5, 5.41) is 1.77. The molecule has 1 saturated heterocycles. The molecule has 0 N–H and O–H groups in total. The molecule has 2 aromatic carbocycles. The average molecular weight is 311 g/mol. The highest BCUT2D eigenvalue weighted by Crippen LogP contribution is 2.46. The number of hydroxylamine groups is 2. The van der Waals surface area contributed by atoms with Gasteiger partial charge >= 0.3 is 5.97 Å². The lowest BCUT2D eigenvalue weighted by Crippen LogP contribution is -2.28. The van der Waals surface area contributed by atoms with Crippen LogP contribution in [0, 0.1) is 5.92 Å². The molecular weight excluding hydrogens is 290 g/mol. The maximum Gasteiger partial charge on any atom is 0.314 e. The van der Waals surface area contributed by atoms with Crippen molar-refractivity contribution in [3.63, 3.8) is 0 Å². The fourth-order valence-corrected chi connectivity index (χ4v) is 3.17. The molecule has 2 aromatic rings. The largest absolute Gasteiger partial charge is 0.466 e. The number of benzene rings is 2. The smallest absolute Gasteiger partial charge is 0.314 e. The van der Waals surface area contributed by atoms with Gasteiger partial charge in [0.15, 0.2) is 0 Å². The van der Waals surface area contributed by atoms with Crippen LogP contribution in [0.1, 0.15) is 30.2 Å². The molecule has 1 aliphatic rings. The highest BCUT2D eigenvalue weighted by Gasteiger charge is 2.48. The SMILES string of the molecule is CCOC(=O)C1C(c2ccccc2)ON(C)C1c1ccccc1. The van der Waals surface area contributed by atoms with Gasteiger partial charge in [0.2, 0.25) is 0 Å². The minimum atomic E-state index is -0.398. The number of hydrogen-bond acceptors (Lipinski definition) is 4. The third-order valence-corrected chi connectivity index (χ3v) is 4.17. The molecule has 1 heterocycles. The van der Waals surface area contributed by atoms with Crippen LogP contribution in [0.4, 0.5) is 0 Å². The fourth-order valence-electron chi connectivity index (χ4n) is 3.17. The van der Waals surface area contributed by atoms with Crippen LogP contribution < -0.4 is 0 Å². The van der Waals surface area contributed by atoms with Crippen molar-refractivity contribution in [1.82, 2.24) is 5.06 Å². The van der Waals surface area contributed by atoms with E-state index in [1.165, 1.54) is 0 Å². The number of hydrogen-bond donors (Lipinski definition) is 0. The number of rotatable bonds is 4. The Hall–Kier alpha value is -2.17. The molecule has 4 heteroatoms. The van der Waals surface area contributed by atoms with Gasteiger partial charge in [-0.25, -0.2) is 0 Å². The molecule has 0 aliphatic carbocycles. The first kappa shape index (κ1) is 15.7. The first-order valence-corrected chi connectivity index (χ1v) is 7.88. The first-order chi connectivity index (χ1) is 11.2. The number of carbonyl (C=O) groups excluding carboxylic acids is 1. The third-order valence-electron chi connectivity index (χ3n) is 4.17. The molecule has 3 atom stereocenters. The van der Waals surface area contributed by atoms with Gasteiger partial charge in [0.25, 0.3) is 0 Å². The predicted octanol–water partition coefficient (Wildman–Crippen LogP) is 3.53.